The van der Waals surface area contributed by atoms with Gasteiger partial charge in [0.1, 0.15) is 5.75 Å². The summed E-state index contributed by atoms with van der Waals surface area (Å²) in [5.41, 5.74) is 1.09. The van der Waals surface area contributed by atoms with Crippen LogP contribution in [0.3, 0.4) is 0 Å². The van der Waals surface area contributed by atoms with Gasteiger partial charge in [-0.3, -0.25) is 9.69 Å². The second-order valence-electron chi connectivity index (χ2n) is 10.4. The molecule has 0 aromatic heterocycles. The minimum atomic E-state index is -2.59. The standard InChI is InChI=1S/C27H33F2NO3/c1-16-2-8-22(9-3-16)33-24-11-5-18-12-17(4-10-23(18)25(24)26(28)29)15-30-20-6-7-21(30)14-19(13-20)27(31)32/h4-5,10-12,16,19-22,26H,2-3,6-9,13-15H2,1H3,(H,31,32)/t16-,19?,20?,21?,22+. The number of piperidine rings is 1. The first-order valence-electron chi connectivity index (χ1n) is 12.4. The highest BCUT2D eigenvalue weighted by Crippen LogP contribution is 2.41. The highest BCUT2D eigenvalue weighted by Gasteiger charge is 2.42. The number of carboxylic acid groups (broad SMARTS) is 1. The van der Waals surface area contributed by atoms with E-state index >= 15 is 0 Å². The molecule has 2 aromatic rings. The van der Waals surface area contributed by atoms with E-state index in [1.807, 2.05) is 24.3 Å². The maximum Gasteiger partial charge on any atom is 0.306 e. The monoisotopic (exact) mass is 457 g/mol. The lowest BCUT2D eigenvalue weighted by Gasteiger charge is -2.37. The third kappa shape index (κ3) is 4.59. The van der Waals surface area contributed by atoms with E-state index in [0.717, 1.165) is 56.0 Å². The number of hydrogen-bond acceptors (Lipinski definition) is 3. The molecule has 2 saturated heterocycles. The van der Waals surface area contributed by atoms with Crippen molar-refractivity contribution < 1.29 is 23.4 Å². The van der Waals surface area contributed by atoms with Gasteiger partial charge in [0.2, 0.25) is 0 Å². The Bertz CT molecular complexity index is 1000. The molecule has 33 heavy (non-hydrogen) atoms. The first kappa shape index (κ1) is 22.6. The number of aliphatic carboxylic acids is 1. The molecule has 2 bridgehead atoms. The molecule has 3 fully saturated rings. The quantitative estimate of drug-likeness (QED) is 0.534. The van der Waals surface area contributed by atoms with E-state index < -0.39 is 12.4 Å². The SMILES string of the molecule is C[C@H]1CC[C@@H](Oc2ccc3cc(CN4C5CCC4CC(C(=O)O)C5)ccc3c2C(F)F)CC1. The van der Waals surface area contributed by atoms with Crippen molar-refractivity contribution in [1.29, 1.82) is 0 Å². The Morgan fingerprint density at radius 2 is 1.76 bits per heavy atom. The van der Waals surface area contributed by atoms with E-state index in [1.165, 1.54) is 0 Å². The van der Waals surface area contributed by atoms with Crippen LogP contribution < -0.4 is 4.74 Å². The number of alkyl halides is 2. The number of nitrogens with zero attached hydrogens (tertiary/aromatic N) is 1. The van der Waals surface area contributed by atoms with Gasteiger partial charge in [-0.25, -0.2) is 8.78 Å². The summed E-state index contributed by atoms with van der Waals surface area (Å²) in [6.45, 7) is 2.97. The third-order valence-corrected chi connectivity index (χ3v) is 8.16. The molecule has 4 nitrogen and oxygen atoms in total. The molecule has 2 unspecified atom stereocenters. The Morgan fingerprint density at radius 3 is 2.39 bits per heavy atom. The molecule has 0 spiro atoms. The topological polar surface area (TPSA) is 49.8 Å². The van der Waals surface area contributed by atoms with Crippen LogP contribution in [-0.2, 0) is 11.3 Å². The Balaban J connectivity index is 1.36. The molecule has 2 aromatic carbocycles. The van der Waals surface area contributed by atoms with Crippen molar-refractivity contribution in [2.24, 2.45) is 11.8 Å². The van der Waals surface area contributed by atoms with Crippen LogP contribution in [0.2, 0.25) is 0 Å². The molecule has 0 amide bonds. The Labute approximate surface area is 193 Å². The number of halogens is 2. The molecule has 178 valence electrons. The van der Waals surface area contributed by atoms with E-state index in [-0.39, 0.29) is 17.6 Å². The van der Waals surface area contributed by atoms with Crippen LogP contribution in [0.15, 0.2) is 30.3 Å². The number of hydrogen-bond donors (Lipinski definition) is 1. The number of benzene rings is 2. The van der Waals surface area contributed by atoms with Gasteiger partial charge in [0.25, 0.3) is 6.43 Å². The molecule has 3 aliphatic rings. The lowest BCUT2D eigenvalue weighted by molar-refractivity contribution is -0.144. The zero-order valence-corrected chi connectivity index (χ0v) is 19.2. The van der Waals surface area contributed by atoms with Gasteiger partial charge in [-0.05, 0) is 85.8 Å². The summed E-state index contributed by atoms with van der Waals surface area (Å²) < 4.78 is 34.3. The number of carboxylic acids is 1. The summed E-state index contributed by atoms with van der Waals surface area (Å²) in [7, 11) is 0. The first-order valence-corrected chi connectivity index (χ1v) is 12.4. The summed E-state index contributed by atoms with van der Waals surface area (Å²) in [6, 6.07) is 9.98. The van der Waals surface area contributed by atoms with Gasteiger partial charge < -0.3 is 9.84 Å². The molecule has 2 heterocycles. The molecule has 1 saturated carbocycles. The number of carbonyl (C=O) groups is 1. The normalized spacial score (nSPS) is 30.1. The van der Waals surface area contributed by atoms with Crippen LogP contribution in [0, 0.1) is 11.8 Å². The molecule has 6 heteroatoms. The average molecular weight is 458 g/mol. The van der Waals surface area contributed by atoms with Crippen molar-refractivity contribution in [2.45, 2.75) is 89.4 Å². The van der Waals surface area contributed by atoms with E-state index in [9.17, 15) is 18.7 Å². The highest BCUT2D eigenvalue weighted by atomic mass is 19.3. The number of fused-ring (bicyclic) bond motifs is 3. The van der Waals surface area contributed by atoms with Crippen molar-refractivity contribution in [3.05, 3.63) is 41.5 Å². The summed E-state index contributed by atoms with van der Waals surface area (Å²) >= 11 is 0. The van der Waals surface area contributed by atoms with Gasteiger partial charge in [-0.15, -0.1) is 0 Å². The fourth-order valence-corrected chi connectivity index (χ4v) is 6.28. The molecule has 1 aliphatic carbocycles. The van der Waals surface area contributed by atoms with Gasteiger partial charge in [0.05, 0.1) is 17.6 Å². The molecular formula is C27H33F2NO3. The summed E-state index contributed by atoms with van der Waals surface area (Å²) in [4.78, 5) is 13.9. The first-order chi connectivity index (χ1) is 15.9. The average Bonchev–Trinajstić information content (AvgIpc) is 3.01. The Hall–Kier alpha value is -2.21. The Kier molecular flexibility index (Phi) is 6.30. The van der Waals surface area contributed by atoms with Gasteiger partial charge in [0, 0.05) is 18.6 Å². The van der Waals surface area contributed by atoms with Gasteiger partial charge in [0.15, 0.2) is 0 Å². The van der Waals surface area contributed by atoms with E-state index in [2.05, 4.69) is 11.8 Å². The van der Waals surface area contributed by atoms with Crippen LogP contribution in [0.4, 0.5) is 8.78 Å². The fraction of sp³-hybridized carbons (Fsp3) is 0.593. The smallest absolute Gasteiger partial charge is 0.306 e. The molecule has 2 aliphatic heterocycles. The second kappa shape index (κ2) is 9.21. The lowest BCUT2D eigenvalue weighted by Crippen LogP contribution is -2.44. The van der Waals surface area contributed by atoms with Gasteiger partial charge >= 0.3 is 5.97 Å². The molecule has 5 rings (SSSR count). The van der Waals surface area contributed by atoms with Crippen molar-refractivity contribution in [3.63, 3.8) is 0 Å². The van der Waals surface area contributed by atoms with Gasteiger partial charge in [-0.2, -0.15) is 0 Å². The molecule has 2 atom stereocenters. The molecule has 0 radical (unpaired) electrons. The minimum absolute atomic E-state index is 0.0000129. The third-order valence-electron chi connectivity index (χ3n) is 8.16. The van der Waals surface area contributed by atoms with Crippen LogP contribution in [0.25, 0.3) is 10.8 Å². The number of rotatable bonds is 6. The largest absolute Gasteiger partial charge is 0.490 e. The lowest BCUT2D eigenvalue weighted by atomic mass is 9.89. The van der Waals surface area contributed by atoms with Crippen LogP contribution in [0.1, 0.15) is 75.8 Å². The predicted molar refractivity (Wildman–Crippen MR) is 124 cm³/mol. The molecule has 1 N–H and O–H groups in total. The van der Waals surface area contributed by atoms with Crippen molar-refractivity contribution in [1.82, 2.24) is 4.90 Å². The molecular weight excluding hydrogens is 424 g/mol. The minimum Gasteiger partial charge on any atom is -0.490 e. The van der Waals surface area contributed by atoms with E-state index in [1.54, 1.807) is 6.07 Å². The van der Waals surface area contributed by atoms with Crippen molar-refractivity contribution in [2.75, 3.05) is 0 Å². The zero-order chi connectivity index (χ0) is 23.1. The highest BCUT2D eigenvalue weighted by molar-refractivity contribution is 5.88. The predicted octanol–water partition coefficient (Wildman–Crippen LogP) is 6.56. The zero-order valence-electron chi connectivity index (χ0n) is 19.2. The van der Waals surface area contributed by atoms with Gasteiger partial charge in [-0.1, -0.05) is 25.1 Å². The van der Waals surface area contributed by atoms with Crippen molar-refractivity contribution >= 4 is 16.7 Å². The number of ether oxygens (including phenoxy) is 1. The van der Waals surface area contributed by atoms with Crippen LogP contribution >= 0.6 is 0 Å². The maximum atomic E-state index is 14.1. The summed E-state index contributed by atoms with van der Waals surface area (Å²) in [6.07, 6.45) is 4.90. The summed E-state index contributed by atoms with van der Waals surface area (Å²) in [5.74, 6) is 0.0745. The van der Waals surface area contributed by atoms with Crippen molar-refractivity contribution in [3.8, 4) is 5.75 Å². The van der Waals surface area contributed by atoms with Crippen LogP contribution in [-0.4, -0.2) is 34.2 Å². The fourth-order valence-electron chi connectivity index (χ4n) is 6.28. The van der Waals surface area contributed by atoms with E-state index in [0.29, 0.717) is 42.0 Å². The second-order valence-corrected chi connectivity index (χ2v) is 10.4. The summed E-state index contributed by atoms with van der Waals surface area (Å²) in [5, 5.41) is 10.8. The van der Waals surface area contributed by atoms with E-state index in [4.69, 9.17) is 4.74 Å². The Morgan fingerprint density at radius 1 is 1.06 bits per heavy atom. The maximum absolute atomic E-state index is 14.1. The van der Waals surface area contributed by atoms with Crippen LogP contribution in [0.5, 0.6) is 5.75 Å².